The lowest BCUT2D eigenvalue weighted by atomic mass is 9.77. The number of nitrogens with one attached hydrogen (secondary N) is 2. The van der Waals surface area contributed by atoms with E-state index in [1.54, 1.807) is 0 Å². The molecule has 6 nitrogen and oxygen atoms in total. The summed E-state index contributed by atoms with van der Waals surface area (Å²) in [5.74, 6) is 1.13. The van der Waals surface area contributed by atoms with E-state index in [4.69, 9.17) is 14.9 Å². The van der Waals surface area contributed by atoms with Gasteiger partial charge in [0.1, 0.15) is 0 Å². The summed E-state index contributed by atoms with van der Waals surface area (Å²) in [6, 6.07) is 12.2. The molecule has 1 aromatic heterocycles. The number of pyridine rings is 1. The van der Waals surface area contributed by atoms with Gasteiger partial charge in [0.05, 0.1) is 19.8 Å². The minimum absolute atomic E-state index is 0.194. The molecule has 2 N–H and O–H groups in total. The molecule has 4 rings (SSSR count). The molecule has 6 heteroatoms. The molecule has 1 spiro atoms. The van der Waals surface area contributed by atoms with Gasteiger partial charge in [-0.25, -0.2) is 4.98 Å². The van der Waals surface area contributed by atoms with Crippen molar-refractivity contribution in [3.05, 3.63) is 53.2 Å². The second kappa shape index (κ2) is 7.89. The van der Waals surface area contributed by atoms with Gasteiger partial charge in [-0.15, -0.1) is 0 Å². The molecule has 148 valence electrons. The van der Waals surface area contributed by atoms with Crippen molar-refractivity contribution in [3.8, 4) is 5.88 Å². The van der Waals surface area contributed by atoms with Crippen LogP contribution in [0.4, 0.5) is 5.69 Å². The van der Waals surface area contributed by atoms with E-state index >= 15 is 0 Å². The smallest absolute Gasteiger partial charge is 0.213 e. The summed E-state index contributed by atoms with van der Waals surface area (Å²) < 4.78 is 11.6. The Kier molecular flexibility index (Phi) is 5.33. The number of aryl methyl sites for hydroxylation is 1. The largest absolute Gasteiger partial charge is 0.477 e. The van der Waals surface area contributed by atoms with Crippen LogP contribution in [0.15, 0.2) is 36.4 Å². The molecule has 1 atom stereocenters. The van der Waals surface area contributed by atoms with Crippen LogP contribution in [0.5, 0.6) is 5.88 Å². The first-order valence-corrected chi connectivity index (χ1v) is 9.79. The SMILES string of the molecule is CNc1ccc(CN2CC(COc3cccc(C)n3)C3(COC3)C2)cc1C=N. The van der Waals surface area contributed by atoms with Crippen molar-refractivity contribution < 1.29 is 9.47 Å². The van der Waals surface area contributed by atoms with Gasteiger partial charge in [0, 0.05) is 67.2 Å². The van der Waals surface area contributed by atoms with Gasteiger partial charge in [0.2, 0.25) is 5.88 Å². The van der Waals surface area contributed by atoms with Gasteiger partial charge in [0.25, 0.3) is 0 Å². The Morgan fingerprint density at radius 3 is 2.89 bits per heavy atom. The van der Waals surface area contributed by atoms with Crippen LogP contribution in [0.1, 0.15) is 16.8 Å². The van der Waals surface area contributed by atoms with E-state index in [0.29, 0.717) is 18.4 Å². The second-order valence-corrected chi connectivity index (χ2v) is 7.97. The van der Waals surface area contributed by atoms with Crippen LogP contribution in [-0.4, -0.2) is 56.1 Å². The highest BCUT2D eigenvalue weighted by Gasteiger charge is 2.52. The molecule has 0 bridgehead atoms. The van der Waals surface area contributed by atoms with Crippen LogP contribution in [0.2, 0.25) is 0 Å². The van der Waals surface area contributed by atoms with Gasteiger partial charge >= 0.3 is 0 Å². The second-order valence-electron chi connectivity index (χ2n) is 7.97. The Morgan fingerprint density at radius 2 is 2.21 bits per heavy atom. The van der Waals surface area contributed by atoms with Crippen LogP contribution < -0.4 is 10.1 Å². The molecule has 0 aliphatic carbocycles. The van der Waals surface area contributed by atoms with Crippen molar-refractivity contribution in [1.82, 2.24) is 9.88 Å². The number of aromatic nitrogens is 1. The van der Waals surface area contributed by atoms with Crippen molar-refractivity contribution in [2.45, 2.75) is 13.5 Å². The van der Waals surface area contributed by atoms with Crippen LogP contribution in [-0.2, 0) is 11.3 Å². The summed E-state index contributed by atoms with van der Waals surface area (Å²) >= 11 is 0. The van der Waals surface area contributed by atoms with E-state index in [1.807, 2.05) is 32.2 Å². The molecule has 1 unspecified atom stereocenters. The molecule has 2 aliphatic heterocycles. The number of rotatable bonds is 7. The number of hydrogen-bond donors (Lipinski definition) is 2. The third kappa shape index (κ3) is 3.75. The van der Waals surface area contributed by atoms with Crippen LogP contribution in [0.3, 0.4) is 0 Å². The fraction of sp³-hybridized carbons (Fsp3) is 0.455. The summed E-state index contributed by atoms with van der Waals surface area (Å²) in [7, 11) is 1.89. The minimum atomic E-state index is 0.194. The minimum Gasteiger partial charge on any atom is -0.477 e. The van der Waals surface area contributed by atoms with Gasteiger partial charge in [-0.3, -0.25) is 4.90 Å². The highest BCUT2D eigenvalue weighted by Crippen LogP contribution is 2.43. The summed E-state index contributed by atoms with van der Waals surface area (Å²) in [6.45, 7) is 7.16. The van der Waals surface area contributed by atoms with Crippen molar-refractivity contribution in [2.75, 3.05) is 45.3 Å². The maximum absolute atomic E-state index is 7.64. The predicted molar refractivity (Wildman–Crippen MR) is 110 cm³/mol. The third-order valence-electron chi connectivity index (χ3n) is 5.90. The summed E-state index contributed by atoms with van der Waals surface area (Å²) in [6.07, 6.45) is 1.41. The summed E-state index contributed by atoms with van der Waals surface area (Å²) in [5, 5.41) is 10.8. The molecule has 2 aliphatic rings. The normalized spacial score (nSPS) is 20.7. The fourth-order valence-corrected chi connectivity index (χ4v) is 4.29. The lowest BCUT2D eigenvalue weighted by molar-refractivity contribution is -0.133. The zero-order chi connectivity index (χ0) is 19.6. The highest BCUT2D eigenvalue weighted by atomic mass is 16.5. The maximum Gasteiger partial charge on any atom is 0.213 e. The fourth-order valence-electron chi connectivity index (χ4n) is 4.29. The maximum atomic E-state index is 7.64. The summed E-state index contributed by atoms with van der Waals surface area (Å²) in [5.41, 5.74) is 4.31. The lowest BCUT2D eigenvalue weighted by Crippen LogP contribution is -2.50. The van der Waals surface area contributed by atoms with Gasteiger partial charge < -0.3 is 20.2 Å². The van der Waals surface area contributed by atoms with Crippen molar-refractivity contribution in [3.63, 3.8) is 0 Å². The monoisotopic (exact) mass is 380 g/mol. The van der Waals surface area contributed by atoms with E-state index < -0.39 is 0 Å². The molecule has 2 aromatic rings. The molecule has 2 fully saturated rings. The molecule has 0 saturated carbocycles. The number of anilines is 1. The van der Waals surface area contributed by atoms with Gasteiger partial charge in [0.15, 0.2) is 0 Å². The summed E-state index contributed by atoms with van der Waals surface area (Å²) in [4.78, 5) is 6.94. The number of likely N-dealkylation sites (tertiary alicyclic amines) is 1. The molecule has 3 heterocycles. The Bertz CT molecular complexity index is 850. The number of benzene rings is 1. The molecule has 28 heavy (non-hydrogen) atoms. The quantitative estimate of drug-likeness (QED) is 0.723. The van der Waals surface area contributed by atoms with E-state index in [2.05, 4.69) is 33.4 Å². The Morgan fingerprint density at radius 1 is 1.36 bits per heavy atom. The highest BCUT2D eigenvalue weighted by molar-refractivity contribution is 5.86. The first-order chi connectivity index (χ1) is 13.6. The van der Waals surface area contributed by atoms with E-state index in [0.717, 1.165) is 49.8 Å². The van der Waals surface area contributed by atoms with E-state index in [9.17, 15) is 0 Å². The Labute approximate surface area is 166 Å². The zero-order valence-electron chi connectivity index (χ0n) is 16.6. The van der Waals surface area contributed by atoms with Crippen LogP contribution >= 0.6 is 0 Å². The number of nitrogens with zero attached hydrogens (tertiary/aromatic N) is 2. The van der Waals surface area contributed by atoms with Crippen LogP contribution in [0.25, 0.3) is 0 Å². The topological polar surface area (TPSA) is 70.5 Å². The number of hydrogen-bond acceptors (Lipinski definition) is 6. The molecule has 2 saturated heterocycles. The first-order valence-electron chi connectivity index (χ1n) is 9.79. The molecular weight excluding hydrogens is 352 g/mol. The van der Waals surface area contributed by atoms with E-state index in [-0.39, 0.29) is 5.41 Å². The van der Waals surface area contributed by atoms with Gasteiger partial charge in [-0.05, 0) is 30.7 Å². The Hall–Kier alpha value is -2.44. The predicted octanol–water partition coefficient (Wildman–Crippen LogP) is 2.96. The average Bonchev–Trinajstić information content (AvgIpc) is 3.05. The van der Waals surface area contributed by atoms with E-state index in [1.165, 1.54) is 11.8 Å². The van der Waals surface area contributed by atoms with Gasteiger partial charge in [-0.2, -0.15) is 0 Å². The molecule has 0 radical (unpaired) electrons. The third-order valence-corrected chi connectivity index (χ3v) is 5.90. The number of ether oxygens (including phenoxy) is 2. The first kappa shape index (κ1) is 18.9. The molecular formula is C22H28N4O2. The molecule has 1 aromatic carbocycles. The van der Waals surface area contributed by atoms with Gasteiger partial charge in [-0.1, -0.05) is 12.1 Å². The van der Waals surface area contributed by atoms with Crippen molar-refractivity contribution >= 4 is 11.9 Å². The standard InChI is InChI=1S/C22H28N4O2/c1-16-4-3-5-21(25-16)28-12-19-11-26(13-22(19)14-27-15-22)10-17-6-7-20(24-2)18(8-17)9-23/h3-9,19,23-24H,10-15H2,1-2H3. The molecule has 0 amide bonds. The van der Waals surface area contributed by atoms with Crippen LogP contribution in [0, 0.1) is 23.7 Å². The zero-order valence-corrected chi connectivity index (χ0v) is 16.6. The van der Waals surface area contributed by atoms with Crippen molar-refractivity contribution in [1.29, 1.82) is 5.41 Å². The average molecular weight is 380 g/mol. The van der Waals surface area contributed by atoms with Crippen molar-refractivity contribution in [2.24, 2.45) is 11.3 Å². The Balaban J connectivity index is 1.42. The lowest BCUT2D eigenvalue weighted by Gasteiger charge is -2.42.